The van der Waals surface area contributed by atoms with Gasteiger partial charge < -0.3 is 10.2 Å². The molecule has 0 spiro atoms. The van der Waals surface area contributed by atoms with Gasteiger partial charge in [0.25, 0.3) is 0 Å². The van der Waals surface area contributed by atoms with Crippen LogP contribution in [0, 0.1) is 0 Å². The second-order valence-corrected chi connectivity index (χ2v) is 5.49. The summed E-state index contributed by atoms with van der Waals surface area (Å²) in [6.07, 6.45) is 0. The van der Waals surface area contributed by atoms with Gasteiger partial charge in [-0.3, -0.25) is 0 Å². The van der Waals surface area contributed by atoms with E-state index < -0.39 is 0 Å². The molecule has 1 aromatic heterocycles. The van der Waals surface area contributed by atoms with Crippen molar-refractivity contribution < 1.29 is 0 Å². The summed E-state index contributed by atoms with van der Waals surface area (Å²) in [5.74, 6) is 0. The molecule has 0 bridgehead atoms. The fraction of sp³-hybridized carbons (Fsp3) is 0.400. The molecule has 0 saturated heterocycles. The predicted octanol–water partition coefficient (Wildman–Crippen LogP) is 3.38. The van der Waals surface area contributed by atoms with Crippen molar-refractivity contribution in [2.24, 2.45) is 0 Å². The van der Waals surface area contributed by atoms with Crippen molar-refractivity contribution >= 4 is 16.5 Å². The number of anilines is 1. The van der Waals surface area contributed by atoms with Gasteiger partial charge in [0.05, 0.1) is 5.69 Å². The highest BCUT2D eigenvalue weighted by Gasteiger charge is 2.14. The van der Waals surface area contributed by atoms with E-state index in [1.165, 1.54) is 10.4 Å². The van der Waals surface area contributed by atoms with Crippen molar-refractivity contribution in [2.45, 2.75) is 20.4 Å². The van der Waals surface area contributed by atoms with Gasteiger partial charge in [-0.25, -0.2) is 4.98 Å². The van der Waals surface area contributed by atoms with E-state index in [4.69, 9.17) is 4.98 Å². The third-order valence-corrected chi connectivity index (χ3v) is 4.24. The van der Waals surface area contributed by atoms with Crippen LogP contribution >= 0.6 is 11.3 Å². The number of hydrogen-bond donors (Lipinski definition) is 1. The molecular formula is C15H21N3S. The summed E-state index contributed by atoms with van der Waals surface area (Å²) in [5.41, 5.74) is 2.31. The van der Waals surface area contributed by atoms with Gasteiger partial charge in [0.2, 0.25) is 0 Å². The minimum Gasteiger partial charge on any atom is -0.351 e. The topological polar surface area (TPSA) is 28.2 Å². The highest BCUT2D eigenvalue weighted by atomic mass is 32.1. The first-order valence-corrected chi connectivity index (χ1v) is 7.54. The van der Waals surface area contributed by atoms with Crippen LogP contribution in [0.1, 0.15) is 18.7 Å². The largest absolute Gasteiger partial charge is 0.351 e. The van der Waals surface area contributed by atoms with Gasteiger partial charge in [-0.1, -0.05) is 48.6 Å². The van der Waals surface area contributed by atoms with Crippen LogP contribution in [0.3, 0.4) is 0 Å². The van der Waals surface area contributed by atoms with Crippen LogP contribution in [0.5, 0.6) is 0 Å². The SMILES string of the molecule is CCNCc1sc(N(C)CC)nc1-c1ccccc1. The lowest BCUT2D eigenvalue weighted by atomic mass is 10.1. The summed E-state index contributed by atoms with van der Waals surface area (Å²) >= 11 is 1.78. The molecule has 1 aromatic carbocycles. The maximum absolute atomic E-state index is 4.81. The minimum absolute atomic E-state index is 0.885. The highest BCUT2D eigenvalue weighted by molar-refractivity contribution is 7.16. The summed E-state index contributed by atoms with van der Waals surface area (Å²) in [6.45, 7) is 7.11. The number of benzene rings is 1. The molecule has 0 unspecified atom stereocenters. The van der Waals surface area contributed by atoms with Crippen LogP contribution < -0.4 is 10.2 Å². The Morgan fingerprint density at radius 2 is 1.95 bits per heavy atom. The maximum Gasteiger partial charge on any atom is 0.185 e. The molecule has 2 aromatic rings. The normalized spacial score (nSPS) is 10.7. The van der Waals surface area contributed by atoms with E-state index in [0.29, 0.717) is 0 Å². The first-order chi connectivity index (χ1) is 9.26. The molecule has 4 heteroatoms. The van der Waals surface area contributed by atoms with Crippen LogP contribution in [0.4, 0.5) is 5.13 Å². The Morgan fingerprint density at radius 3 is 2.58 bits per heavy atom. The van der Waals surface area contributed by atoms with E-state index in [9.17, 15) is 0 Å². The Labute approximate surface area is 119 Å². The molecule has 2 rings (SSSR count). The zero-order valence-corrected chi connectivity index (χ0v) is 12.6. The molecule has 0 aliphatic heterocycles. The molecule has 0 aliphatic rings. The van der Waals surface area contributed by atoms with Gasteiger partial charge in [-0.15, -0.1) is 0 Å². The fourth-order valence-electron chi connectivity index (χ4n) is 1.82. The van der Waals surface area contributed by atoms with Gasteiger partial charge >= 0.3 is 0 Å². The number of hydrogen-bond acceptors (Lipinski definition) is 4. The number of nitrogens with one attached hydrogen (secondary N) is 1. The van der Waals surface area contributed by atoms with Gasteiger partial charge in [0.1, 0.15) is 0 Å². The van der Waals surface area contributed by atoms with Gasteiger partial charge in [-0.05, 0) is 13.5 Å². The van der Waals surface area contributed by atoms with E-state index in [2.05, 4.69) is 55.4 Å². The molecule has 0 radical (unpaired) electrons. The van der Waals surface area contributed by atoms with Crippen LogP contribution in [-0.2, 0) is 6.54 Å². The molecule has 1 heterocycles. The fourth-order valence-corrected chi connectivity index (χ4v) is 2.89. The summed E-state index contributed by atoms with van der Waals surface area (Å²) in [5, 5.41) is 4.49. The van der Waals surface area contributed by atoms with Gasteiger partial charge in [0, 0.05) is 30.6 Å². The molecule has 19 heavy (non-hydrogen) atoms. The Balaban J connectivity index is 2.36. The molecule has 0 fully saturated rings. The summed E-state index contributed by atoms with van der Waals surface area (Å²) < 4.78 is 0. The van der Waals surface area contributed by atoms with Crippen molar-refractivity contribution in [1.29, 1.82) is 0 Å². The Kier molecular flexibility index (Phi) is 4.93. The third-order valence-electron chi connectivity index (χ3n) is 3.07. The molecule has 0 saturated carbocycles. The van der Waals surface area contributed by atoms with E-state index in [-0.39, 0.29) is 0 Å². The Bertz CT molecular complexity index is 507. The second kappa shape index (κ2) is 6.68. The first-order valence-electron chi connectivity index (χ1n) is 6.73. The van der Waals surface area contributed by atoms with Crippen molar-refractivity contribution in [3.05, 3.63) is 35.2 Å². The molecule has 1 N–H and O–H groups in total. The average molecular weight is 275 g/mol. The summed E-state index contributed by atoms with van der Waals surface area (Å²) in [6, 6.07) is 10.4. The third kappa shape index (κ3) is 3.33. The minimum atomic E-state index is 0.885. The van der Waals surface area contributed by atoms with Crippen molar-refractivity contribution in [3.8, 4) is 11.3 Å². The predicted molar refractivity (Wildman–Crippen MR) is 83.9 cm³/mol. The lowest BCUT2D eigenvalue weighted by molar-refractivity contribution is 0.735. The summed E-state index contributed by atoms with van der Waals surface area (Å²) in [4.78, 5) is 8.30. The van der Waals surface area contributed by atoms with Crippen LogP contribution in [0.25, 0.3) is 11.3 Å². The van der Waals surface area contributed by atoms with Gasteiger partial charge in [0.15, 0.2) is 5.13 Å². The average Bonchev–Trinajstić information content (AvgIpc) is 2.89. The monoisotopic (exact) mass is 275 g/mol. The van der Waals surface area contributed by atoms with Gasteiger partial charge in [-0.2, -0.15) is 0 Å². The quantitative estimate of drug-likeness (QED) is 0.876. The number of aromatic nitrogens is 1. The zero-order valence-electron chi connectivity index (χ0n) is 11.8. The second-order valence-electron chi connectivity index (χ2n) is 4.43. The lowest BCUT2D eigenvalue weighted by Gasteiger charge is -2.11. The molecule has 3 nitrogen and oxygen atoms in total. The molecule has 0 atom stereocenters. The van der Waals surface area contributed by atoms with Crippen LogP contribution in [0.15, 0.2) is 30.3 Å². The van der Waals surface area contributed by atoms with E-state index in [1.54, 1.807) is 11.3 Å². The van der Waals surface area contributed by atoms with Crippen LogP contribution in [-0.4, -0.2) is 25.1 Å². The van der Waals surface area contributed by atoms with E-state index in [1.807, 2.05) is 6.07 Å². The number of nitrogens with zero attached hydrogens (tertiary/aromatic N) is 2. The van der Waals surface area contributed by atoms with Crippen molar-refractivity contribution in [1.82, 2.24) is 10.3 Å². The van der Waals surface area contributed by atoms with Crippen molar-refractivity contribution in [2.75, 3.05) is 25.0 Å². The lowest BCUT2D eigenvalue weighted by Crippen LogP contribution is -2.15. The molecule has 0 aliphatic carbocycles. The zero-order chi connectivity index (χ0) is 13.7. The molecule has 102 valence electrons. The Morgan fingerprint density at radius 1 is 1.21 bits per heavy atom. The summed E-state index contributed by atoms with van der Waals surface area (Å²) in [7, 11) is 2.09. The molecular weight excluding hydrogens is 254 g/mol. The van der Waals surface area contributed by atoms with Crippen LogP contribution in [0.2, 0.25) is 0 Å². The Hall–Kier alpha value is -1.39. The van der Waals surface area contributed by atoms with E-state index in [0.717, 1.165) is 30.5 Å². The number of thiazole rings is 1. The smallest absolute Gasteiger partial charge is 0.185 e. The van der Waals surface area contributed by atoms with E-state index >= 15 is 0 Å². The number of rotatable bonds is 6. The van der Waals surface area contributed by atoms with Crippen molar-refractivity contribution in [3.63, 3.8) is 0 Å². The maximum atomic E-state index is 4.81. The standard InChI is InChI=1S/C15H21N3S/c1-4-16-11-13-14(12-9-7-6-8-10-12)17-15(19-13)18(3)5-2/h6-10,16H,4-5,11H2,1-3H3. The first kappa shape index (κ1) is 14.0. The molecule has 0 amide bonds. The highest BCUT2D eigenvalue weighted by Crippen LogP contribution is 2.32.